The Labute approximate surface area is 197 Å². The fraction of sp³-hybridized carbons (Fsp3) is 0.400. The van der Waals surface area contributed by atoms with Crippen LogP contribution in [0.1, 0.15) is 54.0 Å². The van der Waals surface area contributed by atoms with Crippen LogP contribution in [0.3, 0.4) is 0 Å². The van der Waals surface area contributed by atoms with E-state index < -0.39 is 41.5 Å². The summed E-state index contributed by atoms with van der Waals surface area (Å²) in [5.74, 6) is -0.788. The number of ketones is 1. The van der Waals surface area contributed by atoms with Gasteiger partial charge in [0.1, 0.15) is 5.82 Å². The molecule has 1 saturated heterocycles. The van der Waals surface area contributed by atoms with Gasteiger partial charge in [-0.3, -0.25) is 4.79 Å². The highest BCUT2D eigenvalue weighted by Crippen LogP contribution is 2.40. The van der Waals surface area contributed by atoms with Gasteiger partial charge in [0.05, 0.1) is 23.3 Å². The average Bonchev–Trinajstić information content (AvgIpc) is 3.39. The van der Waals surface area contributed by atoms with E-state index in [0.29, 0.717) is 31.5 Å². The molecule has 1 aliphatic heterocycles. The summed E-state index contributed by atoms with van der Waals surface area (Å²) < 4.78 is 99.3. The zero-order valence-corrected chi connectivity index (χ0v) is 18.6. The highest BCUT2D eigenvalue weighted by molar-refractivity contribution is 5.92. The van der Waals surface area contributed by atoms with Crippen LogP contribution in [0.15, 0.2) is 54.2 Å². The monoisotopic (exact) mass is 501 g/mol. The van der Waals surface area contributed by atoms with E-state index in [9.17, 15) is 35.5 Å². The number of benzene rings is 2. The second kappa shape index (κ2) is 9.29. The number of nitrogens with zero attached hydrogens (tertiary/aromatic N) is 1. The summed E-state index contributed by atoms with van der Waals surface area (Å²) in [6, 6.07) is 7.11. The van der Waals surface area contributed by atoms with E-state index in [0.717, 1.165) is 11.3 Å². The zero-order chi connectivity index (χ0) is 25.5. The van der Waals surface area contributed by atoms with Crippen molar-refractivity contribution in [1.82, 2.24) is 4.90 Å². The van der Waals surface area contributed by atoms with Crippen molar-refractivity contribution < 1.29 is 40.3 Å². The zero-order valence-electron chi connectivity index (χ0n) is 18.6. The Morgan fingerprint density at radius 3 is 2.03 bits per heavy atom. The van der Waals surface area contributed by atoms with Crippen molar-refractivity contribution in [3.05, 3.63) is 82.3 Å². The predicted octanol–water partition coefficient (Wildman–Crippen LogP) is 6.66. The first kappa shape index (κ1) is 25.2. The first-order chi connectivity index (χ1) is 16.3. The molecule has 0 spiro atoms. The number of halogens is 7. The quantitative estimate of drug-likeness (QED) is 0.430. The molecule has 4 rings (SSSR count). The molecular formula is C25H22F7NO2. The molecule has 188 valence electrons. The van der Waals surface area contributed by atoms with Gasteiger partial charge in [-0.25, -0.2) is 4.39 Å². The predicted molar refractivity (Wildman–Crippen MR) is 113 cm³/mol. The highest BCUT2D eigenvalue weighted by Gasteiger charge is 2.40. The number of carbonyl (C=O) groups is 1. The molecule has 2 aliphatic rings. The molecule has 1 aliphatic carbocycles. The van der Waals surface area contributed by atoms with E-state index in [1.165, 1.54) is 25.1 Å². The van der Waals surface area contributed by atoms with Gasteiger partial charge < -0.3 is 9.64 Å². The molecule has 0 radical (unpaired) electrons. The van der Waals surface area contributed by atoms with Crippen molar-refractivity contribution in [2.24, 2.45) is 0 Å². The number of ether oxygens (including phenoxy) is 1. The molecule has 1 fully saturated rings. The number of alkyl halides is 6. The number of allylic oxidation sites excluding steroid dienone is 2. The van der Waals surface area contributed by atoms with Crippen molar-refractivity contribution >= 4 is 5.78 Å². The van der Waals surface area contributed by atoms with Crippen molar-refractivity contribution in [1.29, 1.82) is 0 Å². The lowest BCUT2D eigenvalue weighted by Crippen LogP contribution is -2.25. The smallest absolute Gasteiger partial charge is 0.371 e. The van der Waals surface area contributed by atoms with E-state index >= 15 is 0 Å². The summed E-state index contributed by atoms with van der Waals surface area (Å²) >= 11 is 0. The minimum absolute atomic E-state index is 0.0142. The molecule has 1 heterocycles. The summed E-state index contributed by atoms with van der Waals surface area (Å²) in [7, 11) is 0. The van der Waals surface area contributed by atoms with Crippen molar-refractivity contribution in [3.63, 3.8) is 0 Å². The Bertz CT molecular complexity index is 1090. The van der Waals surface area contributed by atoms with Gasteiger partial charge in [-0.15, -0.1) is 0 Å². The number of hydrogen-bond donors (Lipinski definition) is 0. The Morgan fingerprint density at radius 1 is 0.914 bits per heavy atom. The molecule has 0 amide bonds. The third-order valence-electron chi connectivity index (χ3n) is 6.38. The van der Waals surface area contributed by atoms with Gasteiger partial charge >= 0.3 is 12.4 Å². The van der Waals surface area contributed by atoms with E-state index in [2.05, 4.69) is 0 Å². The van der Waals surface area contributed by atoms with Gasteiger partial charge in [-0.05, 0) is 54.8 Å². The summed E-state index contributed by atoms with van der Waals surface area (Å²) in [6.45, 7) is 2.10. The van der Waals surface area contributed by atoms with Crippen molar-refractivity contribution in [2.75, 3.05) is 13.1 Å². The van der Waals surface area contributed by atoms with E-state index in [1.807, 2.05) is 4.90 Å². The largest absolute Gasteiger partial charge is 0.416 e. The molecule has 0 bridgehead atoms. The van der Waals surface area contributed by atoms with Crippen LogP contribution in [0.2, 0.25) is 0 Å². The molecule has 0 unspecified atom stereocenters. The van der Waals surface area contributed by atoms with Gasteiger partial charge in [-0.1, -0.05) is 12.1 Å². The second-order valence-corrected chi connectivity index (χ2v) is 8.82. The third-order valence-corrected chi connectivity index (χ3v) is 6.38. The Hall–Kier alpha value is -2.88. The lowest BCUT2D eigenvalue weighted by Gasteiger charge is -2.25. The lowest BCUT2D eigenvalue weighted by molar-refractivity contribution is -0.143. The molecule has 3 nitrogen and oxygen atoms in total. The standard InChI is InChI=1S/C25H22F7NO2/c1-14(16-8-17(24(27,28)29)10-18(9-16)25(30,31)32)35-23-13-33(20-6-7-21(34)11-20)12-22(23)15-2-4-19(26)5-3-15/h2-5,8-11,14,22-23H,6-7,12-13H2,1H3/t14-,22+,23+/m1/s1. The van der Waals surface area contributed by atoms with Crippen molar-refractivity contribution in [3.8, 4) is 0 Å². The first-order valence-electron chi connectivity index (χ1n) is 11.0. The van der Waals surface area contributed by atoms with Crippen LogP contribution in [0.5, 0.6) is 0 Å². The minimum Gasteiger partial charge on any atom is -0.371 e. The van der Waals surface area contributed by atoms with Gasteiger partial charge in [-0.2, -0.15) is 26.3 Å². The fourth-order valence-electron chi connectivity index (χ4n) is 4.56. The third kappa shape index (κ3) is 5.69. The average molecular weight is 501 g/mol. The number of carbonyl (C=O) groups excluding carboxylic acids is 1. The van der Waals surface area contributed by atoms with E-state index in [4.69, 9.17) is 4.74 Å². The number of rotatable bonds is 5. The lowest BCUT2D eigenvalue weighted by atomic mass is 9.95. The number of likely N-dealkylation sites (tertiary alicyclic amines) is 1. The molecule has 2 aromatic carbocycles. The SMILES string of the molecule is C[C@@H](O[C@H]1CN(C2=CC(=O)CC2)C[C@H]1c1ccc(F)cc1)c1cc(C(F)(F)F)cc(C(F)(F)F)c1. The van der Waals surface area contributed by atoms with Crippen LogP contribution in [-0.4, -0.2) is 29.9 Å². The molecule has 35 heavy (non-hydrogen) atoms. The Kier molecular flexibility index (Phi) is 6.70. The van der Waals surface area contributed by atoms with Gasteiger partial charge in [0.25, 0.3) is 0 Å². The summed E-state index contributed by atoms with van der Waals surface area (Å²) in [5, 5.41) is 0. The molecule has 0 saturated carbocycles. The fourth-order valence-corrected chi connectivity index (χ4v) is 4.56. The van der Waals surface area contributed by atoms with E-state index in [1.54, 1.807) is 12.1 Å². The van der Waals surface area contributed by atoms with Crippen LogP contribution < -0.4 is 0 Å². The maximum absolute atomic E-state index is 13.5. The van der Waals surface area contributed by atoms with Gasteiger partial charge in [0, 0.05) is 37.2 Å². The molecule has 2 aromatic rings. The molecule has 0 N–H and O–H groups in total. The first-order valence-corrected chi connectivity index (χ1v) is 11.0. The summed E-state index contributed by atoms with van der Waals surface area (Å²) in [4.78, 5) is 13.6. The van der Waals surface area contributed by atoms with Crippen LogP contribution >= 0.6 is 0 Å². The van der Waals surface area contributed by atoms with E-state index in [-0.39, 0.29) is 29.9 Å². The Balaban J connectivity index is 1.64. The summed E-state index contributed by atoms with van der Waals surface area (Å²) in [6.07, 6.45) is -9.17. The van der Waals surface area contributed by atoms with Crippen LogP contribution in [0, 0.1) is 5.82 Å². The van der Waals surface area contributed by atoms with Crippen molar-refractivity contribution in [2.45, 2.75) is 50.2 Å². The van der Waals surface area contributed by atoms with Gasteiger partial charge in [0.2, 0.25) is 0 Å². The molecule has 3 atom stereocenters. The molecular weight excluding hydrogens is 479 g/mol. The maximum atomic E-state index is 13.5. The van der Waals surface area contributed by atoms with Crippen LogP contribution in [0.4, 0.5) is 30.7 Å². The highest BCUT2D eigenvalue weighted by atomic mass is 19.4. The van der Waals surface area contributed by atoms with Gasteiger partial charge in [0.15, 0.2) is 5.78 Å². The van der Waals surface area contributed by atoms with Crippen LogP contribution in [0.25, 0.3) is 0 Å². The normalized spacial score (nSPS) is 22.0. The summed E-state index contributed by atoms with van der Waals surface area (Å²) in [5.41, 5.74) is -1.54. The molecule has 10 heteroatoms. The van der Waals surface area contributed by atoms with Crippen LogP contribution in [-0.2, 0) is 21.9 Å². The molecule has 0 aromatic heterocycles. The minimum atomic E-state index is -4.96. The Morgan fingerprint density at radius 2 is 1.51 bits per heavy atom. The topological polar surface area (TPSA) is 29.5 Å². The second-order valence-electron chi connectivity index (χ2n) is 8.82. The maximum Gasteiger partial charge on any atom is 0.416 e. The number of hydrogen-bond acceptors (Lipinski definition) is 3.